The smallest absolute Gasteiger partial charge is 0.243 e. The van der Waals surface area contributed by atoms with E-state index in [1.54, 1.807) is 24.3 Å². The van der Waals surface area contributed by atoms with Crippen LogP contribution in [0.2, 0.25) is 0 Å². The summed E-state index contributed by atoms with van der Waals surface area (Å²) >= 11 is 0. The second kappa shape index (κ2) is 16.1. The Balaban J connectivity index is 1.50. The molecule has 0 atom stereocenters. The number of carbonyl (C=O) groups excluding carboxylic acids is 2. The lowest BCUT2D eigenvalue weighted by molar-refractivity contribution is -0.117. The number of ether oxygens (including phenoxy) is 2. The van der Waals surface area contributed by atoms with Crippen molar-refractivity contribution in [3.63, 3.8) is 0 Å². The van der Waals surface area contributed by atoms with Crippen LogP contribution in [-0.2, 0) is 9.59 Å². The van der Waals surface area contributed by atoms with Gasteiger partial charge in [0.05, 0.1) is 13.2 Å². The van der Waals surface area contributed by atoms with Gasteiger partial charge in [0.1, 0.15) is 11.5 Å². The van der Waals surface area contributed by atoms with Crippen LogP contribution >= 0.6 is 0 Å². The fourth-order valence-corrected chi connectivity index (χ4v) is 3.17. The predicted octanol–water partition coefficient (Wildman–Crippen LogP) is 5.00. The van der Waals surface area contributed by atoms with Gasteiger partial charge in [-0.05, 0) is 74.2 Å². The van der Waals surface area contributed by atoms with Crippen molar-refractivity contribution in [1.29, 1.82) is 0 Å². The quantitative estimate of drug-likeness (QED) is 0.287. The third-order valence-corrected chi connectivity index (χ3v) is 4.94. The number of rotatable bonds is 15. The second-order valence-electron chi connectivity index (χ2n) is 7.67. The number of hydrogen-bond acceptors (Lipinski definition) is 4. The molecular weight excluding hydrogens is 428 g/mol. The van der Waals surface area contributed by atoms with Crippen molar-refractivity contribution in [2.45, 2.75) is 39.5 Å². The summed E-state index contributed by atoms with van der Waals surface area (Å²) in [5, 5.41) is 5.80. The summed E-state index contributed by atoms with van der Waals surface area (Å²) in [5.74, 6) is 1.45. The number of nitrogens with one attached hydrogen (secondary N) is 2. The second-order valence-corrected chi connectivity index (χ2v) is 7.67. The third kappa shape index (κ3) is 11.4. The third-order valence-electron chi connectivity index (χ3n) is 4.94. The van der Waals surface area contributed by atoms with Gasteiger partial charge < -0.3 is 20.1 Å². The Labute approximate surface area is 203 Å². The number of carbonyl (C=O) groups is 2. The molecule has 2 N–H and O–H groups in total. The zero-order valence-corrected chi connectivity index (χ0v) is 20.2. The Morgan fingerprint density at radius 2 is 1.03 bits per heavy atom. The van der Waals surface area contributed by atoms with E-state index in [9.17, 15) is 9.59 Å². The van der Waals surface area contributed by atoms with Crippen LogP contribution in [0.15, 0.2) is 60.7 Å². The Kier molecular flexibility index (Phi) is 12.7. The molecule has 0 saturated carbocycles. The van der Waals surface area contributed by atoms with Gasteiger partial charge in [-0.25, -0.2) is 0 Å². The molecule has 0 aliphatic carbocycles. The minimum atomic E-state index is -0.0968. The van der Waals surface area contributed by atoms with Crippen molar-refractivity contribution in [1.82, 2.24) is 10.6 Å². The van der Waals surface area contributed by atoms with E-state index in [-0.39, 0.29) is 11.8 Å². The van der Waals surface area contributed by atoms with E-state index in [0.717, 1.165) is 48.3 Å². The van der Waals surface area contributed by atoms with Gasteiger partial charge in [-0.15, -0.1) is 0 Å². The number of unbranched alkanes of at least 4 members (excludes halogenated alkanes) is 3. The van der Waals surface area contributed by atoms with Crippen molar-refractivity contribution in [3.8, 4) is 11.5 Å². The number of hydrogen-bond donors (Lipinski definition) is 2. The Hall–Kier alpha value is -3.54. The summed E-state index contributed by atoms with van der Waals surface area (Å²) in [5.41, 5.74) is 1.91. The van der Waals surface area contributed by atoms with Crippen molar-refractivity contribution in [2.75, 3.05) is 26.3 Å². The first-order chi connectivity index (χ1) is 16.6. The number of amides is 2. The van der Waals surface area contributed by atoms with Crippen LogP contribution in [0.25, 0.3) is 12.2 Å². The van der Waals surface area contributed by atoms with E-state index in [4.69, 9.17) is 9.47 Å². The van der Waals surface area contributed by atoms with Gasteiger partial charge in [0.15, 0.2) is 0 Å². The van der Waals surface area contributed by atoms with E-state index in [0.29, 0.717) is 26.3 Å². The summed E-state index contributed by atoms with van der Waals surface area (Å²) in [6.07, 6.45) is 10.5. The highest BCUT2D eigenvalue weighted by molar-refractivity contribution is 5.92. The molecule has 0 heterocycles. The van der Waals surface area contributed by atoms with Crippen LogP contribution in [0.5, 0.6) is 11.5 Å². The number of benzene rings is 2. The maximum Gasteiger partial charge on any atom is 0.243 e. The average molecular weight is 465 g/mol. The van der Waals surface area contributed by atoms with E-state index in [2.05, 4.69) is 10.6 Å². The van der Waals surface area contributed by atoms with Crippen LogP contribution in [-0.4, -0.2) is 38.1 Å². The molecule has 0 aliphatic heterocycles. The molecular formula is C28H36N2O4. The van der Waals surface area contributed by atoms with Gasteiger partial charge in [-0.3, -0.25) is 9.59 Å². The molecule has 2 aromatic rings. The molecule has 6 nitrogen and oxygen atoms in total. The summed E-state index contributed by atoms with van der Waals surface area (Å²) in [7, 11) is 0. The Morgan fingerprint density at radius 1 is 0.647 bits per heavy atom. The summed E-state index contributed by atoms with van der Waals surface area (Å²) in [6, 6.07) is 15.2. The van der Waals surface area contributed by atoms with Crippen molar-refractivity contribution < 1.29 is 19.1 Å². The lowest BCUT2D eigenvalue weighted by Crippen LogP contribution is -2.23. The summed E-state index contributed by atoms with van der Waals surface area (Å²) in [4.78, 5) is 23.8. The lowest BCUT2D eigenvalue weighted by Gasteiger charge is -2.04. The van der Waals surface area contributed by atoms with Gasteiger partial charge in [0, 0.05) is 25.2 Å². The maximum absolute atomic E-state index is 11.9. The molecule has 0 radical (unpaired) electrons. The highest BCUT2D eigenvalue weighted by Gasteiger charge is 1.98. The van der Waals surface area contributed by atoms with Gasteiger partial charge in [0.25, 0.3) is 0 Å². The normalized spacial score (nSPS) is 11.0. The minimum Gasteiger partial charge on any atom is -0.494 e. The molecule has 2 aromatic carbocycles. The standard InChI is InChI=1S/C28H36N2O4/c1-3-33-25-15-9-23(10-16-25)13-19-27(31)29-21-7-5-6-8-22-30-28(32)20-14-24-11-17-26(18-12-24)34-4-2/h9-20H,3-8,21-22H2,1-2H3,(H,29,31)(H,30,32)/b19-13+,20-14+. The Bertz CT molecular complexity index is 841. The van der Waals surface area contributed by atoms with Crippen LogP contribution in [0.1, 0.15) is 50.7 Å². The van der Waals surface area contributed by atoms with E-state index >= 15 is 0 Å². The van der Waals surface area contributed by atoms with Crippen molar-refractivity contribution in [3.05, 3.63) is 71.8 Å². The molecule has 2 rings (SSSR count). The molecule has 0 spiro atoms. The van der Waals surface area contributed by atoms with Gasteiger partial charge in [-0.2, -0.15) is 0 Å². The highest BCUT2D eigenvalue weighted by atomic mass is 16.5. The molecule has 0 unspecified atom stereocenters. The zero-order chi connectivity index (χ0) is 24.4. The highest BCUT2D eigenvalue weighted by Crippen LogP contribution is 2.14. The summed E-state index contributed by atoms with van der Waals surface area (Å²) in [6.45, 7) is 6.44. The zero-order valence-electron chi connectivity index (χ0n) is 20.2. The monoisotopic (exact) mass is 464 g/mol. The first-order valence-electron chi connectivity index (χ1n) is 12.0. The minimum absolute atomic E-state index is 0.0968. The molecule has 34 heavy (non-hydrogen) atoms. The topological polar surface area (TPSA) is 76.7 Å². The Morgan fingerprint density at radius 3 is 1.38 bits per heavy atom. The maximum atomic E-state index is 11.9. The van der Waals surface area contributed by atoms with E-state index in [1.807, 2.05) is 62.4 Å². The molecule has 0 fully saturated rings. The van der Waals surface area contributed by atoms with Gasteiger partial charge in [-0.1, -0.05) is 37.1 Å². The van der Waals surface area contributed by atoms with Crippen LogP contribution in [0.3, 0.4) is 0 Å². The first kappa shape index (κ1) is 26.7. The first-order valence-corrected chi connectivity index (χ1v) is 12.0. The van der Waals surface area contributed by atoms with Crippen LogP contribution in [0, 0.1) is 0 Å². The molecule has 0 saturated heterocycles. The van der Waals surface area contributed by atoms with E-state index in [1.165, 1.54) is 0 Å². The predicted molar refractivity (Wildman–Crippen MR) is 138 cm³/mol. The van der Waals surface area contributed by atoms with Gasteiger partial charge >= 0.3 is 0 Å². The van der Waals surface area contributed by atoms with Gasteiger partial charge in [0.2, 0.25) is 11.8 Å². The van der Waals surface area contributed by atoms with Crippen molar-refractivity contribution in [2.24, 2.45) is 0 Å². The molecule has 0 bridgehead atoms. The van der Waals surface area contributed by atoms with E-state index < -0.39 is 0 Å². The average Bonchev–Trinajstić information content (AvgIpc) is 2.85. The summed E-state index contributed by atoms with van der Waals surface area (Å²) < 4.78 is 10.8. The molecule has 182 valence electrons. The van der Waals surface area contributed by atoms with Crippen molar-refractivity contribution >= 4 is 24.0 Å². The largest absolute Gasteiger partial charge is 0.494 e. The van der Waals surface area contributed by atoms with Crippen LogP contribution in [0.4, 0.5) is 0 Å². The molecule has 6 heteroatoms. The molecule has 0 aromatic heterocycles. The fraction of sp³-hybridized carbons (Fsp3) is 0.357. The molecule has 2 amide bonds. The SMILES string of the molecule is CCOc1ccc(/C=C/C(=O)NCCCCCCNC(=O)/C=C/c2ccc(OCC)cc2)cc1. The van der Waals surface area contributed by atoms with Crippen LogP contribution < -0.4 is 20.1 Å². The fourth-order valence-electron chi connectivity index (χ4n) is 3.17. The molecule has 0 aliphatic rings. The lowest BCUT2D eigenvalue weighted by atomic mass is 10.2.